The lowest BCUT2D eigenvalue weighted by Crippen LogP contribution is -2.40. The smallest absolute Gasteiger partial charge is 0.0788 e. The van der Waals surface area contributed by atoms with Crippen molar-refractivity contribution in [1.29, 1.82) is 0 Å². The minimum Gasteiger partial charge on any atom is -0.392 e. The third-order valence-electron chi connectivity index (χ3n) is 2.88. The molecule has 5 nitrogen and oxygen atoms in total. The normalized spacial score (nSPS) is 16.5. The molecule has 0 amide bonds. The van der Waals surface area contributed by atoms with E-state index < -0.39 is 6.10 Å². The number of unbranched alkanes of at least 4 members (excludes halogenated alkanes) is 1. The molecule has 0 rings (SSSR count). The molecule has 0 aromatic carbocycles. The van der Waals surface area contributed by atoms with Crippen LogP contribution in [0.3, 0.4) is 0 Å². The standard InChI is InChI=1S/C13H30N2O3/c1-3-5-6-12(17)8-15-10-13(18)9-14-7-11(16)4-2/h11-18H,3-10H2,1-2H3. The summed E-state index contributed by atoms with van der Waals surface area (Å²) in [5.74, 6) is 0. The minimum absolute atomic E-state index is 0.327. The minimum atomic E-state index is -0.493. The van der Waals surface area contributed by atoms with Crippen molar-refractivity contribution in [3.05, 3.63) is 0 Å². The first-order chi connectivity index (χ1) is 8.60. The number of nitrogens with one attached hydrogen (secondary N) is 2. The number of rotatable bonds is 12. The average Bonchev–Trinajstić information content (AvgIpc) is 2.36. The second-order valence-corrected chi connectivity index (χ2v) is 4.83. The Hall–Kier alpha value is -0.200. The molecule has 3 unspecified atom stereocenters. The molecular weight excluding hydrogens is 232 g/mol. The summed E-state index contributed by atoms with van der Waals surface area (Å²) in [5, 5.41) is 34.6. The van der Waals surface area contributed by atoms with E-state index in [2.05, 4.69) is 17.6 Å². The quantitative estimate of drug-likeness (QED) is 0.338. The summed E-state index contributed by atoms with van der Waals surface area (Å²) in [6, 6.07) is 0. The maximum Gasteiger partial charge on any atom is 0.0788 e. The van der Waals surface area contributed by atoms with Gasteiger partial charge in [0.25, 0.3) is 0 Å². The molecule has 0 spiro atoms. The molecular formula is C13H30N2O3. The predicted molar refractivity (Wildman–Crippen MR) is 73.6 cm³/mol. The second kappa shape index (κ2) is 11.9. The van der Waals surface area contributed by atoms with Crippen LogP contribution in [-0.2, 0) is 0 Å². The van der Waals surface area contributed by atoms with E-state index in [1.807, 2.05) is 6.92 Å². The topological polar surface area (TPSA) is 84.8 Å². The van der Waals surface area contributed by atoms with Gasteiger partial charge in [0, 0.05) is 26.2 Å². The van der Waals surface area contributed by atoms with Gasteiger partial charge in [-0.25, -0.2) is 0 Å². The molecule has 0 radical (unpaired) electrons. The Morgan fingerprint density at radius 1 is 0.778 bits per heavy atom. The van der Waals surface area contributed by atoms with Gasteiger partial charge < -0.3 is 26.0 Å². The summed E-state index contributed by atoms with van der Waals surface area (Å²) >= 11 is 0. The molecule has 0 aliphatic carbocycles. The van der Waals surface area contributed by atoms with Crippen molar-refractivity contribution in [3.8, 4) is 0 Å². The van der Waals surface area contributed by atoms with E-state index in [9.17, 15) is 15.3 Å². The van der Waals surface area contributed by atoms with Gasteiger partial charge in [0.05, 0.1) is 18.3 Å². The van der Waals surface area contributed by atoms with E-state index in [-0.39, 0.29) is 12.2 Å². The van der Waals surface area contributed by atoms with Crippen LogP contribution in [0.25, 0.3) is 0 Å². The zero-order valence-electron chi connectivity index (χ0n) is 11.7. The Balaban J connectivity index is 3.38. The van der Waals surface area contributed by atoms with Gasteiger partial charge in [0.1, 0.15) is 0 Å². The molecule has 0 fully saturated rings. The van der Waals surface area contributed by atoms with Gasteiger partial charge in [-0.3, -0.25) is 0 Å². The molecule has 0 aromatic heterocycles. The summed E-state index contributed by atoms with van der Waals surface area (Å²) in [5.41, 5.74) is 0. The fourth-order valence-electron chi connectivity index (χ4n) is 1.59. The van der Waals surface area contributed by atoms with E-state index >= 15 is 0 Å². The highest BCUT2D eigenvalue weighted by Crippen LogP contribution is 1.98. The Kier molecular flexibility index (Phi) is 11.7. The number of aliphatic hydroxyl groups is 3. The van der Waals surface area contributed by atoms with E-state index in [4.69, 9.17) is 0 Å². The van der Waals surface area contributed by atoms with Crippen LogP contribution in [-0.4, -0.2) is 59.8 Å². The van der Waals surface area contributed by atoms with Crippen LogP contribution in [0, 0.1) is 0 Å². The zero-order valence-corrected chi connectivity index (χ0v) is 11.7. The molecule has 0 aliphatic heterocycles. The Morgan fingerprint density at radius 3 is 1.78 bits per heavy atom. The fourth-order valence-corrected chi connectivity index (χ4v) is 1.59. The van der Waals surface area contributed by atoms with Crippen LogP contribution in [0.4, 0.5) is 0 Å². The first-order valence-electron chi connectivity index (χ1n) is 7.05. The van der Waals surface area contributed by atoms with Crippen LogP contribution in [0.5, 0.6) is 0 Å². The van der Waals surface area contributed by atoms with Crippen molar-refractivity contribution in [2.24, 2.45) is 0 Å². The van der Waals surface area contributed by atoms with Crippen molar-refractivity contribution < 1.29 is 15.3 Å². The van der Waals surface area contributed by atoms with E-state index in [0.29, 0.717) is 32.6 Å². The highest BCUT2D eigenvalue weighted by atomic mass is 16.3. The summed E-state index contributed by atoms with van der Waals surface area (Å²) in [4.78, 5) is 0. The first kappa shape index (κ1) is 17.8. The third kappa shape index (κ3) is 10.9. The maximum atomic E-state index is 9.64. The predicted octanol–water partition coefficient (Wildman–Crippen LogP) is -0.151. The molecule has 5 heteroatoms. The van der Waals surface area contributed by atoms with Crippen LogP contribution < -0.4 is 10.6 Å². The molecule has 0 heterocycles. The van der Waals surface area contributed by atoms with Gasteiger partial charge in [-0.2, -0.15) is 0 Å². The van der Waals surface area contributed by atoms with Crippen molar-refractivity contribution in [3.63, 3.8) is 0 Å². The first-order valence-corrected chi connectivity index (χ1v) is 7.05. The zero-order chi connectivity index (χ0) is 13.8. The van der Waals surface area contributed by atoms with Crippen LogP contribution in [0.2, 0.25) is 0 Å². The maximum absolute atomic E-state index is 9.64. The molecule has 3 atom stereocenters. The number of hydrogen-bond acceptors (Lipinski definition) is 5. The molecule has 0 bridgehead atoms. The van der Waals surface area contributed by atoms with Crippen molar-refractivity contribution in [2.45, 2.75) is 57.8 Å². The highest BCUT2D eigenvalue weighted by molar-refractivity contribution is 4.67. The molecule has 110 valence electrons. The second-order valence-electron chi connectivity index (χ2n) is 4.83. The molecule has 0 aromatic rings. The fraction of sp³-hybridized carbons (Fsp3) is 1.00. The lowest BCUT2D eigenvalue weighted by molar-refractivity contribution is 0.129. The van der Waals surface area contributed by atoms with E-state index in [1.165, 1.54) is 0 Å². The third-order valence-corrected chi connectivity index (χ3v) is 2.88. The number of aliphatic hydroxyl groups excluding tert-OH is 3. The molecule has 5 N–H and O–H groups in total. The molecule has 0 saturated carbocycles. The molecule has 18 heavy (non-hydrogen) atoms. The van der Waals surface area contributed by atoms with Gasteiger partial charge in [-0.1, -0.05) is 26.7 Å². The van der Waals surface area contributed by atoms with Crippen molar-refractivity contribution in [2.75, 3.05) is 26.2 Å². The van der Waals surface area contributed by atoms with Crippen molar-refractivity contribution >= 4 is 0 Å². The summed E-state index contributed by atoms with van der Waals surface area (Å²) < 4.78 is 0. The monoisotopic (exact) mass is 262 g/mol. The van der Waals surface area contributed by atoms with E-state index in [1.54, 1.807) is 0 Å². The number of hydrogen-bond donors (Lipinski definition) is 5. The average molecular weight is 262 g/mol. The van der Waals surface area contributed by atoms with Gasteiger partial charge in [-0.05, 0) is 12.8 Å². The van der Waals surface area contributed by atoms with Crippen molar-refractivity contribution in [1.82, 2.24) is 10.6 Å². The van der Waals surface area contributed by atoms with Gasteiger partial charge in [-0.15, -0.1) is 0 Å². The Bertz CT molecular complexity index is 182. The summed E-state index contributed by atoms with van der Waals surface area (Å²) in [6.45, 7) is 5.96. The lowest BCUT2D eigenvalue weighted by atomic mass is 10.1. The van der Waals surface area contributed by atoms with Gasteiger partial charge >= 0.3 is 0 Å². The van der Waals surface area contributed by atoms with Crippen LogP contribution in [0.15, 0.2) is 0 Å². The summed E-state index contributed by atoms with van der Waals surface area (Å²) in [6.07, 6.45) is 2.47. The Labute approximate surface area is 111 Å². The van der Waals surface area contributed by atoms with Gasteiger partial charge in [0.15, 0.2) is 0 Å². The Morgan fingerprint density at radius 2 is 1.28 bits per heavy atom. The van der Waals surface area contributed by atoms with E-state index in [0.717, 1.165) is 19.3 Å². The largest absolute Gasteiger partial charge is 0.392 e. The van der Waals surface area contributed by atoms with Crippen LogP contribution in [0.1, 0.15) is 39.5 Å². The summed E-state index contributed by atoms with van der Waals surface area (Å²) in [7, 11) is 0. The molecule has 0 saturated heterocycles. The van der Waals surface area contributed by atoms with Crippen LogP contribution >= 0.6 is 0 Å². The highest BCUT2D eigenvalue weighted by Gasteiger charge is 2.07. The lowest BCUT2D eigenvalue weighted by Gasteiger charge is -2.16. The molecule has 0 aliphatic rings. The SMILES string of the molecule is CCCCC(O)CNCC(O)CNCC(O)CC. The van der Waals surface area contributed by atoms with Gasteiger partial charge in [0.2, 0.25) is 0 Å².